The zero-order chi connectivity index (χ0) is 38.0. The van der Waals surface area contributed by atoms with Gasteiger partial charge in [-0.1, -0.05) is 12.1 Å². The van der Waals surface area contributed by atoms with Crippen molar-refractivity contribution in [1.82, 2.24) is 19.6 Å². The molecule has 0 unspecified atom stereocenters. The van der Waals surface area contributed by atoms with Gasteiger partial charge in [0.15, 0.2) is 11.4 Å². The number of carbonyl (C=O) groups is 2. The highest BCUT2D eigenvalue weighted by Crippen LogP contribution is 2.35. The Kier molecular flexibility index (Phi) is 9.84. The maximum absolute atomic E-state index is 13.1. The first-order valence-electron chi connectivity index (χ1n) is 14.7. The highest BCUT2D eigenvalue weighted by molar-refractivity contribution is 5.93. The highest BCUT2D eigenvalue weighted by atomic mass is 19.4. The molecule has 4 aromatic carbocycles. The number of anilines is 1. The molecule has 18 heteroatoms. The second-order valence-corrected chi connectivity index (χ2v) is 10.9. The molecule has 52 heavy (non-hydrogen) atoms. The highest BCUT2D eigenvalue weighted by Gasteiger charge is 2.36. The van der Waals surface area contributed by atoms with Crippen LogP contribution in [0.15, 0.2) is 109 Å². The molecule has 0 atom stereocenters. The molecule has 0 saturated carbocycles. The lowest BCUT2D eigenvalue weighted by Gasteiger charge is -2.08. The summed E-state index contributed by atoms with van der Waals surface area (Å²) in [6.45, 7) is 0. The molecule has 0 aliphatic rings. The molecular formula is C34H24F6N8O4. The Labute approximate surface area is 288 Å². The largest absolute Gasteiger partial charge is 0.435 e. The number of carbonyl (C=O) groups excluding carboxylic acids is 2. The van der Waals surface area contributed by atoms with Crippen molar-refractivity contribution in [2.24, 2.45) is 11.5 Å². The fourth-order valence-corrected chi connectivity index (χ4v) is 4.79. The predicted molar refractivity (Wildman–Crippen MR) is 176 cm³/mol. The second-order valence-electron chi connectivity index (χ2n) is 10.9. The van der Waals surface area contributed by atoms with Gasteiger partial charge in [-0.15, -0.1) is 0 Å². The maximum Gasteiger partial charge on any atom is 0.435 e. The van der Waals surface area contributed by atoms with Gasteiger partial charge in [0.2, 0.25) is 11.8 Å². The Bertz CT molecular complexity index is 2170. The number of nitro benzene ring substituents is 1. The predicted octanol–water partition coefficient (Wildman–Crippen LogP) is 6.80. The van der Waals surface area contributed by atoms with Gasteiger partial charge in [-0.3, -0.25) is 19.7 Å². The summed E-state index contributed by atoms with van der Waals surface area (Å²) in [7, 11) is 0. The number of nitro groups is 1. The van der Waals surface area contributed by atoms with Crippen LogP contribution in [0.2, 0.25) is 0 Å². The molecule has 6 aromatic rings. The van der Waals surface area contributed by atoms with E-state index in [1.165, 1.54) is 77.5 Å². The van der Waals surface area contributed by atoms with Crippen molar-refractivity contribution in [3.63, 3.8) is 0 Å². The van der Waals surface area contributed by atoms with Crippen LogP contribution >= 0.6 is 0 Å². The third kappa shape index (κ3) is 8.07. The number of nitrogens with two attached hydrogens (primary N) is 3. The van der Waals surface area contributed by atoms with E-state index in [9.17, 15) is 46.0 Å². The number of nitrogens with zero attached hydrogens (tertiary/aromatic N) is 5. The molecular weight excluding hydrogens is 698 g/mol. The number of alkyl halides is 6. The minimum Gasteiger partial charge on any atom is -0.399 e. The number of non-ortho nitro benzene ring substituents is 1. The number of primary amides is 2. The van der Waals surface area contributed by atoms with Crippen molar-refractivity contribution >= 4 is 23.2 Å². The van der Waals surface area contributed by atoms with Gasteiger partial charge in [0.05, 0.1) is 27.7 Å². The summed E-state index contributed by atoms with van der Waals surface area (Å²) in [4.78, 5) is 32.5. The van der Waals surface area contributed by atoms with Crippen molar-refractivity contribution < 1.29 is 40.9 Å². The number of nitrogen functional groups attached to an aromatic ring is 1. The van der Waals surface area contributed by atoms with Crippen molar-refractivity contribution in [1.29, 1.82) is 0 Å². The topological polar surface area (TPSA) is 191 Å². The van der Waals surface area contributed by atoms with Gasteiger partial charge in [-0.2, -0.15) is 36.5 Å². The molecule has 6 rings (SSSR count). The van der Waals surface area contributed by atoms with E-state index in [4.69, 9.17) is 17.2 Å². The van der Waals surface area contributed by atoms with Gasteiger partial charge in [0, 0.05) is 40.1 Å². The number of amides is 2. The molecule has 6 N–H and O–H groups in total. The molecule has 12 nitrogen and oxygen atoms in total. The number of benzene rings is 4. The van der Waals surface area contributed by atoms with E-state index in [0.29, 0.717) is 22.5 Å². The van der Waals surface area contributed by atoms with Gasteiger partial charge in [-0.05, 0) is 84.9 Å². The van der Waals surface area contributed by atoms with Gasteiger partial charge in [0.1, 0.15) is 0 Å². The summed E-state index contributed by atoms with van der Waals surface area (Å²) in [5.41, 5.74) is 16.4. The normalized spacial score (nSPS) is 11.4. The van der Waals surface area contributed by atoms with Gasteiger partial charge >= 0.3 is 12.4 Å². The summed E-state index contributed by atoms with van der Waals surface area (Å²) in [5, 5.41) is 18.0. The van der Waals surface area contributed by atoms with E-state index >= 15 is 0 Å². The summed E-state index contributed by atoms with van der Waals surface area (Å²) in [5.74, 6) is -1.30. The summed E-state index contributed by atoms with van der Waals surface area (Å²) in [6, 6.07) is 24.6. The van der Waals surface area contributed by atoms with E-state index in [1.807, 2.05) is 0 Å². The standard InChI is InChI=1S/C17H11F3N4O3.C17H13F3N4O/c18-17(19,20)15-9-14(10-1-7-13(8-2-10)24(26)27)23(22-15)12-5-3-11(4-6-12)16(21)25;18-17(19,20)15-9-14(10-1-5-12(21)6-2-10)24(23-15)13-7-3-11(4-8-13)16(22)25/h1-9H,(H2,21,25);1-9H,21H2,(H2,22,25). The zero-order valence-corrected chi connectivity index (χ0v) is 26.3. The molecule has 266 valence electrons. The molecule has 0 fully saturated rings. The number of rotatable bonds is 7. The Hall–Kier alpha value is -6.98. The van der Waals surface area contributed by atoms with Crippen LogP contribution in [0.1, 0.15) is 32.1 Å². The molecule has 2 heterocycles. The van der Waals surface area contributed by atoms with E-state index in [2.05, 4.69) is 10.2 Å². The first-order valence-corrected chi connectivity index (χ1v) is 14.7. The summed E-state index contributed by atoms with van der Waals surface area (Å²) >= 11 is 0. The van der Waals surface area contributed by atoms with Crippen molar-refractivity contribution in [2.45, 2.75) is 12.4 Å². The fraction of sp³-hybridized carbons (Fsp3) is 0.0588. The van der Waals surface area contributed by atoms with Gasteiger partial charge in [0.25, 0.3) is 5.69 Å². The minimum absolute atomic E-state index is 0.0871. The zero-order valence-electron chi connectivity index (χ0n) is 26.3. The maximum atomic E-state index is 13.1. The van der Waals surface area contributed by atoms with Crippen molar-refractivity contribution in [3.05, 3.63) is 142 Å². The molecule has 2 amide bonds. The molecule has 2 aromatic heterocycles. The molecule has 0 radical (unpaired) electrons. The molecule has 0 saturated heterocycles. The van der Waals surface area contributed by atoms with E-state index in [-0.39, 0.29) is 33.9 Å². The van der Waals surface area contributed by atoms with E-state index in [1.54, 1.807) is 24.3 Å². The van der Waals surface area contributed by atoms with Crippen LogP contribution in [-0.2, 0) is 12.4 Å². The van der Waals surface area contributed by atoms with Crippen LogP contribution < -0.4 is 17.2 Å². The lowest BCUT2D eigenvalue weighted by atomic mass is 10.1. The monoisotopic (exact) mass is 722 g/mol. The number of hydrogen-bond acceptors (Lipinski definition) is 7. The average molecular weight is 723 g/mol. The summed E-state index contributed by atoms with van der Waals surface area (Å²) < 4.78 is 80.9. The quantitative estimate of drug-likeness (QED) is 0.0698. The molecule has 0 bridgehead atoms. The smallest absolute Gasteiger partial charge is 0.399 e. The van der Waals surface area contributed by atoms with Crippen molar-refractivity contribution in [3.8, 4) is 33.9 Å². The van der Waals surface area contributed by atoms with Crippen LogP contribution in [0, 0.1) is 10.1 Å². The lowest BCUT2D eigenvalue weighted by molar-refractivity contribution is -0.384. The minimum atomic E-state index is -4.67. The lowest BCUT2D eigenvalue weighted by Crippen LogP contribution is -2.11. The average Bonchev–Trinajstić information content (AvgIpc) is 3.76. The third-order valence-corrected chi connectivity index (χ3v) is 7.37. The summed E-state index contributed by atoms with van der Waals surface area (Å²) in [6.07, 6.45) is -9.26. The van der Waals surface area contributed by atoms with Crippen LogP contribution in [-0.4, -0.2) is 36.3 Å². The Morgan fingerprint density at radius 1 is 0.596 bits per heavy atom. The first-order chi connectivity index (χ1) is 24.4. The van der Waals surface area contributed by atoms with Gasteiger partial charge < -0.3 is 17.2 Å². The first kappa shape index (κ1) is 36.3. The van der Waals surface area contributed by atoms with Crippen LogP contribution in [0.25, 0.3) is 33.9 Å². The van der Waals surface area contributed by atoms with Gasteiger partial charge in [-0.25, -0.2) is 9.36 Å². The Morgan fingerprint density at radius 3 is 1.25 bits per heavy atom. The Balaban J connectivity index is 0.000000202. The van der Waals surface area contributed by atoms with Crippen LogP contribution in [0.4, 0.5) is 37.7 Å². The SMILES string of the molecule is NC(=O)c1ccc(-n2nc(C(F)(F)F)cc2-c2ccc(N)cc2)cc1.NC(=O)c1ccc(-n2nc(C(F)(F)F)cc2-c2ccc([N+](=O)[O-])cc2)cc1. The van der Waals surface area contributed by atoms with Crippen LogP contribution in [0.3, 0.4) is 0 Å². The third-order valence-electron chi connectivity index (χ3n) is 7.37. The fourth-order valence-electron chi connectivity index (χ4n) is 4.79. The Morgan fingerprint density at radius 2 is 0.942 bits per heavy atom. The van der Waals surface area contributed by atoms with E-state index in [0.717, 1.165) is 16.8 Å². The molecule has 0 aliphatic heterocycles. The van der Waals surface area contributed by atoms with Crippen molar-refractivity contribution in [2.75, 3.05) is 5.73 Å². The molecule has 0 spiro atoms. The van der Waals surface area contributed by atoms with Crippen LogP contribution in [0.5, 0.6) is 0 Å². The molecule has 0 aliphatic carbocycles. The van der Waals surface area contributed by atoms with E-state index < -0.39 is 40.5 Å². The number of hydrogen-bond donors (Lipinski definition) is 3. The number of aromatic nitrogens is 4. The second kappa shape index (κ2) is 14.1. The number of halogens is 6.